The highest BCUT2D eigenvalue weighted by Gasteiger charge is 2.15. The lowest BCUT2D eigenvalue weighted by Gasteiger charge is -2.17. The fraction of sp³-hybridized carbons (Fsp3) is 0.417. The monoisotopic (exact) mass is 231 g/mol. The molecule has 5 heteroatoms. The number of likely N-dealkylation sites (N-methyl/N-ethyl adjacent to an activating group) is 1. The average molecular weight is 231 g/mol. The standard InChI is InChI=1S/C12H17N5/c1-3-14-11(12-9-15-16-17(12)2)8-10-4-6-13-7-5-10/h4-7,9,11,14H,3,8H2,1-2H3. The van der Waals surface area contributed by atoms with Gasteiger partial charge in [-0.3, -0.25) is 9.67 Å². The second-order valence-corrected chi connectivity index (χ2v) is 3.95. The van der Waals surface area contributed by atoms with E-state index in [9.17, 15) is 0 Å². The molecule has 2 aromatic heterocycles. The molecule has 2 aromatic rings. The molecule has 0 aromatic carbocycles. The van der Waals surface area contributed by atoms with E-state index in [1.54, 1.807) is 0 Å². The van der Waals surface area contributed by atoms with E-state index in [4.69, 9.17) is 0 Å². The highest BCUT2D eigenvalue weighted by molar-refractivity contribution is 5.15. The summed E-state index contributed by atoms with van der Waals surface area (Å²) in [6.45, 7) is 3.02. The number of hydrogen-bond acceptors (Lipinski definition) is 4. The van der Waals surface area contributed by atoms with E-state index in [0.717, 1.165) is 18.7 Å². The molecular formula is C12H17N5. The number of hydrogen-bond donors (Lipinski definition) is 1. The molecule has 2 rings (SSSR count). The summed E-state index contributed by atoms with van der Waals surface area (Å²) in [5, 5.41) is 11.4. The first-order valence-electron chi connectivity index (χ1n) is 5.78. The van der Waals surface area contributed by atoms with Crippen LogP contribution in [0.4, 0.5) is 0 Å². The molecule has 0 radical (unpaired) electrons. The molecule has 5 nitrogen and oxygen atoms in total. The highest BCUT2D eigenvalue weighted by atomic mass is 15.4. The summed E-state index contributed by atoms with van der Waals surface area (Å²) in [6, 6.07) is 4.31. The van der Waals surface area contributed by atoms with Crippen molar-refractivity contribution >= 4 is 0 Å². The Balaban J connectivity index is 2.16. The van der Waals surface area contributed by atoms with Gasteiger partial charge in [0.25, 0.3) is 0 Å². The molecular weight excluding hydrogens is 214 g/mol. The topological polar surface area (TPSA) is 55.6 Å². The van der Waals surface area contributed by atoms with Crippen molar-refractivity contribution in [1.29, 1.82) is 0 Å². The molecule has 1 atom stereocenters. The van der Waals surface area contributed by atoms with Crippen LogP contribution in [-0.4, -0.2) is 26.5 Å². The Morgan fingerprint density at radius 3 is 2.71 bits per heavy atom. The van der Waals surface area contributed by atoms with Gasteiger partial charge in [0.05, 0.1) is 17.9 Å². The lowest BCUT2D eigenvalue weighted by molar-refractivity contribution is 0.506. The van der Waals surface area contributed by atoms with Gasteiger partial charge in [0.2, 0.25) is 0 Å². The Labute approximate surface area is 101 Å². The molecule has 1 unspecified atom stereocenters. The summed E-state index contributed by atoms with van der Waals surface area (Å²) >= 11 is 0. The van der Waals surface area contributed by atoms with Crippen molar-refractivity contribution in [2.24, 2.45) is 7.05 Å². The van der Waals surface area contributed by atoms with Crippen LogP contribution in [0.3, 0.4) is 0 Å². The minimum atomic E-state index is 0.238. The van der Waals surface area contributed by atoms with E-state index >= 15 is 0 Å². The predicted octanol–water partition coefficient (Wildman–Crippen LogP) is 1.10. The van der Waals surface area contributed by atoms with Gasteiger partial charge < -0.3 is 5.32 Å². The van der Waals surface area contributed by atoms with E-state index in [-0.39, 0.29) is 6.04 Å². The van der Waals surface area contributed by atoms with Crippen molar-refractivity contribution in [1.82, 2.24) is 25.3 Å². The van der Waals surface area contributed by atoms with E-state index < -0.39 is 0 Å². The second-order valence-electron chi connectivity index (χ2n) is 3.95. The molecule has 0 saturated heterocycles. The van der Waals surface area contributed by atoms with Gasteiger partial charge in [0, 0.05) is 19.4 Å². The summed E-state index contributed by atoms with van der Waals surface area (Å²) in [5.41, 5.74) is 2.36. The maximum atomic E-state index is 4.03. The summed E-state index contributed by atoms with van der Waals surface area (Å²) in [5.74, 6) is 0. The predicted molar refractivity (Wildman–Crippen MR) is 65.4 cm³/mol. The molecule has 0 aliphatic heterocycles. The fourth-order valence-electron chi connectivity index (χ4n) is 1.90. The summed E-state index contributed by atoms with van der Waals surface area (Å²) < 4.78 is 1.81. The molecule has 0 aliphatic rings. The number of nitrogens with zero attached hydrogens (tertiary/aromatic N) is 4. The van der Waals surface area contributed by atoms with Crippen molar-refractivity contribution in [3.05, 3.63) is 42.0 Å². The zero-order valence-corrected chi connectivity index (χ0v) is 10.2. The Bertz CT molecular complexity index is 451. The molecule has 1 N–H and O–H groups in total. The van der Waals surface area contributed by atoms with Crippen LogP contribution in [0, 0.1) is 0 Å². The van der Waals surface area contributed by atoms with Gasteiger partial charge in [-0.25, -0.2) is 0 Å². The van der Waals surface area contributed by atoms with Crippen molar-refractivity contribution < 1.29 is 0 Å². The van der Waals surface area contributed by atoms with Crippen molar-refractivity contribution in [2.75, 3.05) is 6.54 Å². The quantitative estimate of drug-likeness (QED) is 0.837. The molecule has 2 heterocycles. The van der Waals surface area contributed by atoms with Crippen LogP contribution in [-0.2, 0) is 13.5 Å². The van der Waals surface area contributed by atoms with Crippen molar-refractivity contribution in [3.8, 4) is 0 Å². The molecule has 0 fully saturated rings. The largest absolute Gasteiger partial charge is 0.309 e. The first-order chi connectivity index (χ1) is 8.31. The summed E-state index contributed by atoms with van der Waals surface area (Å²) in [6.07, 6.45) is 6.37. The second kappa shape index (κ2) is 5.54. The molecule has 17 heavy (non-hydrogen) atoms. The third-order valence-electron chi connectivity index (χ3n) is 2.75. The maximum absolute atomic E-state index is 4.03. The van der Waals surface area contributed by atoms with Crippen LogP contribution in [0.2, 0.25) is 0 Å². The minimum absolute atomic E-state index is 0.238. The van der Waals surface area contributed by atoms with Crippen LogP contribution in [0.5, 0.6) is 0 Å². The van der Waals surface area contributed by atoms with E-state index in [0.29, 0.717) is 0 Å². The molecule has 0 aliphatic carbocycles. The molecule has 0 amide bonds. The number of aryl methyl sites for hydroxylation is 1. The third kappa shape index (κ3) is 2.88. The zero-order chi connectivity index (χ0) is 12.1. The van der Waals surface area contributed by atoms with Gasteiger partial charge in [-0.2, -0.15) is 0 Å². The average Bonchev–Trinajstić information content (AvgIpc) is 2.76. The number of rotatable bonds is 5. The Hall–Kier alpha value is -1.75. The normalized spacial score (nSPS) is 12.6. The smallest absolute Gasteiger partial charge is 0.0756 e. The van der Waals surface area contributed by atoms with Crippen LogP contribution < -0.4 is 5.32 Å². The SMILES string of the molecule is CCNC(Cc1ccncc1)c1cnnn1C. The fourth-order valence-corrected chi connectivity index (χ4v) is 1.90. The molecule has 90 valence electrons. The molecule has 0 bridgehead atoms. The number of nitrogens with one attached hydrogen (secondary N) is 1. The van der Waals surface area contributed by atoms with Crippen LogP contribution in [0.1, 0.15) is 24.2 Å². The van der Waals surface area contributed by atoms with Crippen LogP contribution in [0.25, 0.3) is 0 Å². The van der Waals surface area contributed by atoms with Gasteiger partial charge >= 0.3 is 0 Å². The van der Waals surface area contributed by atoms with E-state index in [1.807, 2.05) is 42.5 Å². The highest BCUT2D eigenvalue weighted by Crippen LogP contribution is 2.16. The van der Waals surface area contributed by atoms with Crippen LogP contribution >= 0.6 is 0 Å². The van der Waals surface area contributed by atoms with Gasteiger partial charge in [0.1, 0.15) is 0 Å². The number of pyridine rings is 1. The zero-order valence-electron chi connectivity index (χ0n) is 10.2. The number of aromatic nitrogens is 4. The first-order valence-corrected chi connectivity index (χ1v) is 5.78. The van der Waals surface area contributed by atoms with Crippen molar-refractivity contribution in [2.45, 2.75) is 19.4 Å². The van der Waals surface area contributed by atoms with Gasteiger partial charge in [0.15, 0.2) is 0 Å². The minimum Gasteiger partial charge on any atom is -0.309 e. The molecule has 0 spiro atoms. The Morgan fingerprint density at radius 2 is 2.12 bits per heavy atom. The first kappa shape index (κ1) is 11.7. The van der Waals surface area contributed by atoms with Crippen molar-refractivity contribution in [3.63, 3.8) is 0 Å². The van der Waals surface area contributed by atoms with Gasteiger partial charge in [-0.15, -0.1) is 5.10 Å². The van der Waals surface area contributed by atoms with E-state index in [2.05, 4.69) is 27.5 Å². The summed E-state index contributed by atoms with van der Waals surface area (Å²) in [4.78, 5) is 4.03. The van der Waals surface area contributed by atoms with Crippen LogP contribution in [0.15, 0.2) is 30.7 Å². The lowest BCUT2D eigenvalue weighted by Crippen LogP contribution is -2.25. The van der Waals surface area contributed by atoms with Gasteiger partial charge in [-0.05, 0) is 30.7 Å². The Kier molecular flexibility index (Phi) is 3.82. The van der Waals surface area contributed by atoms with Gasteiger partial charge in [-0.1, -0.05) is 12.1 Å². The third-order valence-corrected chi connectivity index (χ3v) is 2.75. The molecule has 0 saturated carbocycles. The maximum Gasteiger partial charge on any atom is 0.0756 e. The van der Waals surface area contributed by atoms with E-state index in [1.165, 1.54) is 5.56 Å². The lowest BCUT2D eigenvalue weighted by atomic mass is 10.0. The summed E-state index contributed by atoms with van der Waals surface area (Å²) in [7, 11) is 1.92. The Morgan fingerprint density at radius 1 is 1.35 bits per heavy atom.